The lowest BCUT2D eigenvalue weighted by molar-refractivity contribution is 0.102. The Labute approximate surface area is 190 Å². The van der Waals surface area contributed by atoms with Crippen LogP contribution in [0.1, 0.15) is 34.5 Å². The van der Waals surface area contributed by atoms with E-state index in [1.54, 1.807) is 13.0 Å². The summed E-state index contributed by atoms with van der Waals surface area (Å²) < 4.78 is 27.7. The highest BCUT2D eigenvalue weighted by atomic mass is 32.2. The summed E-state index contributed by atoms with van der Waals surface area (Å²) in [6.07, 6.45) is 1.70. The van der Waals surface area contributed by atoms with E-state index in [9.17, 15) is 13.2 Å². The molecular weight excluding hydrogens is 444 g/mol. The van der Waals surface area contributed by atoms with Gasteiger partial charge in [-0.3, -0.25) is 10.1 Å². The van der Waals surface area contributed by atoms with E-state index in [-0.39, 0.29) is 16.8 Å². The number of aryl methyl sites for hydroxylation is 2. The minimum absolute atomic E-state index is 0.000267. The molecule has 9 heteroatoms. The third-order valence-corrected chi connectivity index (χ3v) is 7.81. The Morgan fingerprint density at radius 1 is 1.16 bits per heavy atom. The number of amides is 1. The summed E-state index contributed by atoms with van der Waals surface area (Å²) in [5.41, 5.74) is 4.83. The SMILES string of the molecule is Cc1ccc(S(=O)(=O)NC2CC2)cc1C(=O)Nc1nc(-c2c(C)[nH]c3ccccc23)cs1. The molecule has 0 bridgehead atoms. The van der Waals surface area contributed by atoms with Crippen LogP contribution in [0, 0.1) is 13.8 Å². The van der Waals surface area contributed by atoms with E-state index in [1.807, 2.05) is 36.6 Å². The van der Waals surface area contributed by atoms with E-state index in [1.165, 1.54) is 23.5 Å². The van der Waals surface area contributed by atoms with Crippen molar-refractivity contribution in [1.82, 2.24) is 14.7 Å². The Balaban J connectivity index is 1.41. The molecule has 0 spiro atoms. The van der Waals surface area contributed by atoms with Gasteiger partial charge in [-0.2, -0.15) is 0 Å². The molecule has 1 saturated carbocycles. The normalized spacial score (nSPS) is 14.1. The number of rotatable bonds is 6. The molecule has 5 rings (SSSR count). The van der Waals surface area contributed by atoms with Crippen molar-refractivity contribution in [2.45, 2.75) is 37.6 Å². The summed E-state index contributed by atoms with van der Waals surface area (Å²) in [6.45, 7) is 3.78. The fraction of sp³-hybridized carbons (Fsp3) is 0.217. The molecule has 2 aromatic heterocycles. The van der Waals surface area contributed by atoms with E-state index in [4.69, 9.17) is 0 Å². The fourth-order valence-corrected chi connectivity index (χ4v) is 5.75. The molecule has 2 heterocycles. The topological polar surface area (TPSA) is 104 Å². The van der Waals surface area contributed by atoms with Gasteiger partial charge in [0.25, 0.3) is 5.91 Å². The molecule has 1 amide bonds. The number of carbonyl (C=O) groups excluding carboxylic acids is 1. The van der Waals surface area contributed by atoms with E-state index in [0.717, 1.165) is 40.7 Å². The van der Waals surface area contributed by atoms with Crippen molar-refractivity contribution in [1.29, 1.82) is 0 Å². The van der Waals surface area contributed by atoms with Crippen LogP contribution in [0.4, 0.5) is 5.13 Å². The van der Waals surface area contributed by atoms with Crippen LogP contribution in [0.5, 0.6) is 0 Å². The largest absolute Gasteiger partial charge is 0.358 e. The van der Waals surface area contributed by atoms with Crippen molar-refractivity contribution in [2.75, 3.05) is 5.32 Å². The van der Waals surface area contributed by atoms with E-state index in [2.05, 4.69) is 20.0 Å². The summed E-state index contributed by atoms with van der Waals surface area (Å²) in [6, 6.07) is 12.6. The number of aromatic nitrogens is 2. The summed E-state index contributed by atoms with van der Waals surface area (Å²) in [7, 11) is -3.64. The maximum atomic E-state index is 13.0. The summed E-state index contributed by atoms with van der Waals surface area (Å²) in [4.78, 5) is 21.0. The van der Waals surface area contributed by atoms with Gasteiger partial charge in [-0.25, -0.2) is 18.1 Å². The average Bonchev–Trinajstić information content (AvgIpc) is 3.32. The number of benzene rings is 2. The molecule has 0 unspecified atom stereocenters. The predicted molar refractivity (Wildman–Crippen MR) is 127 cm³/mol. The fourth-order valence-electron chi connectivity index (χ4n) is 3.72. The molecule has 4 aromatic rings. The lowest BCUT2D eigenvalue weighted by Crippen LogP contribution is -2.26. The van der Waals surface area contributed by atoms with Crippen molar-refractivity contribution in [3.8, 4) is 11.3 Å². The van der Waals surface area contributed by atoms with Gasteiger partial charge in [0.15, 0.2) is 5.13 Å². The van der Waals surface area contributed by atoms with Gasteiger partial charge in [0.1, 0.15) is 0 Å². The van der Waals surface area contributed by atoms with Gasteiger partial charge in [-0.1, -0.05) is 24.3 Å². The quantitative estimate of drug-likeness (QED) is 0.386. The van der Waals surface area contributed by atoms with Crippen LogP contribution in [0.25, 0.3) is 22.2 Å². The molecule has 0 aliphatic heterocycles. The first-order chi connectivity index (χ1) is 15.3. The lowest BCUT2D eigenvalue weighted by atomic mass is 10.1. The monoisotopic (exact) mass is 466 g/mol. The molecule has 3 N–H and O–H groups in total. The number of carbonyl (C=O) groups is 1. The number of nitrogens with zero attached hydrogens (tertiary/aromatic N) is 1. The predicted octanol–water partition coefficient (Wildman–Crippen LogP) is 4.60. The summed E-state index contributed by atoms with van der Waals surface area (Å²) in [5.74, 6) is -0.387. The molecule has 1 aliphatic carbocycles. The molecule has 1 fully saturated rings. The smallest absolute Gasteiger partial charge is 0.257 e. The first kappa shape index (κ1) is 20.9. The second-order valence-corrected chi connectivity index (χ2v) is 10.6. The van der Waals surface area contributed by atoms with Crippen molar-refractivity contribution in [3.63, 3.8) is 0 Å². The highest BCUT2D eigenvalue weighted by Gasteiger charge is 2.28. The number of sulfonamides is 1. The first-order valence-corrected chi connectivity index (χ1v) is 12.7. The number of nitrogens with one attached hydrogen (secondary N) is 3. The zero-order valence-electron chi connectivity index (χ0n) is 17.6. The van der Waals surface area contributed by atoms with Gasteiger partial charge >= 0.3 is 0 Å². The van der Waals surface area contributed by atoms with E-state index < -0.39 is 10.0 Å². The number of thiazole rings is 1. The molecular formula is C23H22N4O3S2. The Bertz CT molecular complexity index is 1450. The van der Waals surface area contributed by atoms with Gasteiger partial charge in [0.2, 0.25) is 10.0 Å². The maximum Gasteiger partial charge on any atom is 0.257 e. The third-order valence-electron chi connectivity index (χ3n) is 5.54. The van der Waals surface area contributed by atoms with Gasteiger partial charge in [-0.05, 0) is 50.5 Å². The highest BCUT2D eigenvalue weighted by Crippen LogP contribution is 2.34. The Hall–Kier alpha value is -3.01. The molecule has 0 radical (unpaired) electrons. The van der Waals surface area contributed by atoms with E-state index >= 15 is 0 Å². The lowest BCUT2D eigenvalue weighted by Gasteiger charge is -2.10. The number of hydrogen-bond donors (Lipinski definition) is 3. The standard InChI is InChI=1S/C23H22N4O3S2/c1-13-7-10-16(32(29,30)27-15-8-9-15)11-18(13)22(28)26-23-25-20(12-31-23)21-14(2)24-19-6-4-3-5-17(19)21/h3-7,10-12,15,24,27H,8-9H2,1-2H3,(H,25,26,28). The molecule has 0 atom stereocenters. The van der Waals surface area contributed by atoms with Crippen LogP contribution < -0.4 is 10.0 Å². The minimum atomic E-state index is -3.64. The van der Waals surface area contributed by atoms with Crippen molar-refractivity contribution < 1.29 is 13.2 Å². The van der Waals surface area contributed by atoms with Gasteiger partial charge < -0.3 is 4.98 Å². The zero-order valence-corrected chi connectivity index (χ0v) is 19.2. The number of aromatic amines is 1. The van der Waals surface area contributed by atoms with Crippen LogP contribution in [-0.2, 0) is 10.0 Å². The molecule has 2 aromatic carbocycles. The minimum Gasteiger partial charge on any atom is -0.358 e. The second kappa shape index (κ2) is 7.84. The van der Waals surface area contributed by atoms with Crippen molar-refractivity contribution in [2.24, 2.45) is 0 Å². The first-order valence-electron chi connectivity index (χ1n) is 10.3. The molecule has 164 valence electrons. The Morgan fingerprint density at radius 3 is 2.72 bits per heavy atom. The van der Waals surface area contributed by atoms with Crippen molar-refractivity contribution >= 4 is 43.3 Å². The number of para-hydroxylation sites is 1. The van der Waals surface area contributed by atoms with Crippen LogP contribution >= 0.6 is 11.3 Å². The van der Waals surface area contributed by atoms with Crippen LogP contribution in [0.15, 0.2) is 52.7 Å². The van der Waals surface area contributed by atoms with Gasteiger partial charge in [-0.15, -0.1) is 11.3 Å². The number of fused-ring (bicyclic) bond motifs is 1. The van der Waals surface area contributed by atoms with Crippen molar-refractivity contribution in [3.05, 3.63) is 64.7 Å². The Kier molecular flexibility index (Phi) is 5.11. The zero-order chi connectivity index (χ0) is 22.5. The van der Waals surface area contributed by atoms with Gasteiger partial charge in [0, 0.05) is 39.1 Å². The summed E-state index contributed by atoms with van der Waals surface area (Å²) >= 11 is 1.33. The maximum absolute atomic E-state index is 13.0. The molecule has 32 heavy (non-hydrogen) atoms. The van der Waals surface area contributed by atoms with Gasteiger partial charge in [0.05, 0.1) is 10.6 Å². The molecule has 1 aliphatic rings. The Morgan fingerprint density at radius 2 is 1.94 bits per heavy atom. The number of anilines is 1. The third kappa shape index (κ3) is 3.94. The number of hydrogen-bond acceptors (Lipinski definition) is 5. The van der Waals surface area contributed by atoms with Crippen LogP contribution in [0.3, 0.4) is 0 Å². The highest BCUT2D eigenvalue weighted by molar-refractivity contribution is 7.89. The summed E-state index contributed by atoms with van der Waals surface area (Å²) in [5, 5.41) is 6.26. The molecule has 7 nitrogen and oxygen atoms in total. The second-order valence-electron chi connectivity index (χ2n) is 8.03. The van der Waals surface area contributed by atoms with E-state index in [0.29, 0.717) is 16.3 Å². The van der Waals surface area contributed by atoms with Crippen LogP contribution in [0.2, 0.25) is 0 Å². The average molecular weight is 467 g/mol. The number of H-pyrrole nitrogens is 1. The molecule has 0 saturated heterocycles. The van der Waals surface area contributed by atoms with Crippen LogP contribution in [-0.4, -0.2) is 30.3 Å².